The molecule has 6 heteroatoms. The van der Waals surface area contributed by atoms with Crippen LogP contribution in [0.3, 0.4) is 0 Å². The third-order valence-corrected chi connectivity index (χ3v) is 6.55. The van der Waals surface area contributed by atoms with E-state index >= 15 is 0 Å². The molecule has 1 heterocycles. The smallest absolute Gasteiger partial charge is 0.260 e. The van der Waals surface area contributed by atoms with Crippen LogP contribution in [-0.4, -0.2) is 25.1 Å². The van der Waals surface area contributed by atoms with Crippen molar-refractivity contribution in [1.82, 2.24) is 4.98 Å². The zero-order valence-corrected chi connectivity index (χ0v) is 22.2. The molecule has 0 radical (unpaired) electrons. The van der Waals surface area contributed by atoms with Crippen molar-refractivity contribution in [3.8, 4) is 23.0 Å². The van der Waals surface area contributed by atoms with E-state index in [-0.39, 0.29) is 11.3 Å². The van der Waals surface area contributed by atoms with E-state index in [1.54, 1.807) is 32.5 Å². The van der Waals surface area contributed by atoms with Gasteiger partial charge in [-0.3, -0.25) is 9.78 Å². The maximum Gasteiger partial charge on any atom is 0.260 e. The highest BCUT2D eigenvalue weighted by Crippen LogP contribution is 2.39. The van der Waals surface area contributed by atoms with Crippen LogP contribution in [0.25, 0.3) is 21.7 Å². The molecule has 0 aliphatic rings. The summed E-state index contributed by atoms with van der Waals surface area (Å²) in [5.41, 5.74) is 3.08. The molecule has 0 saturated heterocycles. The van der Waals surface area contributed by atoms with Crippen LogP contribution in [0.2, 0.25) is 0 Å². The standard InChI is InChI=1S/C32H30N2O4/c1-32(2,3)21-11-13-22(14-12-21)34-31(35)30-23-9-7-6-8-20(23)10-15-27(30)38-26-16-17-33-25-19-29(37-5)28(36-4)18-24(25)26/h6-19H,1-5H3,(H,34,35). The van der Waals surface area contributed by atoms with E-state index in [0.29, 0.717) is 39.8 Å². The number of benzene rings is 4. The number of hydrogen-bond donors (Lipinski definition) is 1. The second-order valence-electron chi connectivity index (χ2n) is 10.1. The van der Waals surface area contributed by atoms with Crippen molar-refractivity contribution in [2.45, 2.75) is 26.2 Å². The van der Waals surface area contributed by atoms with Gasteiger partial charge in [0, 0.05) is 23.3 Å². The maximum absolute atomic E-state index is 13.7. The largest absolute Gasteiger partial charge is 0.493 e. The molecule has 0 atom stereocenters. The molecule has 192 valence electrons. The first-order valence-corrected chi connectivity index (χ1v) is 12.4. The van der Waals surface area contributed by atoms with Crippen molar-refractivity contribution in [2.75, 3.05) is 19.5 Å². The van der Waals surface area contributed by atoms with E-state index < -0.39 is 0 Å². The van der Waals surface area contributed by atoms with Crippen molar-refractivity contribution in [3.05, 3.63) is 96.2 Å². The maximum atomic E-state index is 13.7. The molecule has 0 spiro atoms. The van der Waals surface area contributed by atoms with E-state index in [9.17, 15) is 4.79 Å². The van der Waals surface area contributed by atoms with E-state index in [4.69, 9.17) is 14.2 Å². The number of aromatic nitrogens is 1. The number of rotatable bonds is 6. The van der Waals surface area contributed by atoms with Gasteiger partial charge < -0.3 is 19.5 Å². The van der Waals surface area contributed by atoms with Crippen molar-refractivity contribution >= 4 is 33.3 Å². The van der Waals surface area contributed by atoms with Crippen LogP contribution in [0.15, 0.2) is 85.1 Å². The minimum Gasteiger partial charge on any atom is -0.493 e. The number of carbonyl (C=O) groups excluding carboxylic acids is 1. The number of amides is 1. The van der Waals surface area contributed by atoms with Crippen LogP contribution in [0, 0.1) is 0 Å². The molecule has 5 rings (SSSR count). The first-order chi connectivity index (χ1) is 18.3. The molecule has 0 saturated carbocycles. The molecular weight excluding hydrogens is 476 g/mol. The Morgan fingerprint density at radius 3 is 2.18 bits per heavy atom. The molecule has 0 aliphatic heterocycles. The van der Waals surface area contributed by atoms with Crippen LogP contribution in [0.1, 0.15) is 36.7 Å². The molecule has 1 amide bonds. The number of nitrogens with one attached hydrogen (secondary N) is 1. The summed E-state index contributed by atoms with van der Waals surface area (Å²) in [5, 5.41) is 5.54. The topological polar surface area (TPSA) is 69.7 Å². The van der Waals surface area contributed by atoms with Crippen molar-refractivity contribution < 1.29 is 19.0 Å². The highest BCUT2D eigenvalue weighted by atomic mass is 16.5. The van der Waals surface area contributed by atoms with Crippen LogP contribution in [0.5, 0.6) is 23.0 Å². The predicted molar refractivity (Wildman–Crippen MR) is 152 cm³/mol. The summed E-state index contributed by atoms with van der Waals surface area (Å²) < 4.78 is 17.3. The highest BCUT2D eigenvalue weighted by Gasteiger charge is 2.20. The Morgan fingerprint density at radius 2 is 1.47 bits per heavy atom. The van der Waals surface area contributed by atoms with Gasteiger partial charge in [0.2, 0.25) is 0 Å². The van der Waals surface area contributed by atoms with Gasteiger partial charge in [-0.15, -0.1) is 0 Å². The fraction of sp³-hybridized carbons (Fsp3) is 0.188. The SMILES string of the molecule is COc1cc2nccc(Oc3ccc4ccccc4c3C(=O)Nc3ccc(C(C)(C)C)cc3)c2cc1OC. The highest BCUT2D eigenvalue weighted by molar-refractivity contribution is 6.15. The van der Waals surface area contributed by atoms with Crippen molar-refractivity contribution in [3.63, 3.8) is 0 Å². The molecule has 5 aromatic rings. The average molecular weight is 507 g/mol. The van der Waals surface area contributed by atoms with Crippen LogP contribution >= 0.6 is 0 Å². The van der Waals surface area contributed by atoms with Gasteiger partial charge >= 0.3 is 0 Å². The number of carbonyl (C=O) groups is 1. The van der Waals surface area contributed by atoms with Gasteiger partial charge in [0.15, 0.2) is 11.5 Å². The van der Waals surface area contributed by atoms with Gasteiger partial charge in [-0.25, -0.2) is 0 Å². The third kappa shape index (κ3) is 4.85. The van der Waals surface area contributed by atoms with Gasteiger partial charge in [-0.1, -0.05) is 63.2 Å². The lowest BCUT2D eigenvalue weighted by Gasteiger charge is -2.19. The van der Waals surface area contributed by atoms with E-state index in [2.05, 4.69) is 31.1 Å². The van der Waals surface area contributed by atoms with Gasteiger partial charge in [0.05, 0.1) is 25.3 Å². The number of anilines is 1. The summed E-state index contributed by atoms with van der Waals surface area (Å²) in [6.07, 6.45) is 1.67. The lowest BCUT2D eigenvalue weighted by molar-refractivity contribution is 0.102. The van der Waals surface area contributed by atoms with Gasteiger partial charge in [-0.2, -0.15) is 0 Å². The molecule has 38 heavy (non-hydrogen) atoms. The second kappa shape index (κ2) is 10.1. The first kappa shape index (κ1) is 25.1. The summed E-state index contributed by atoms with van der Waals surface area (Å²) in [5.74, 6) is 1.88. The number of ether oxygens (including phenoxy) is 3. The Balaban J connectivity index is 1.57. The molecule has 1 N–H and O–H groups in total. The number of pyridine rings is 1. The van der Waals surface area contributed by atoms with E-state index in [0.717, 1.165) is 16.2 Å². The van der Waals surface area contributed by atoms with Gasteiger partial charge in [-0.05, 0) is 52.1 Å². The summed E-state index contributed by atoms with van der Waals surface area (Å²) in [6.45, 7) is 6.48. The molecule has 0 bridgehead atoms. The minimum atomic E-state index is -0.252. The summed E-state index contributed by atoms with van der Waals surface area (Å²) in [7, 11) is 3.17. The van der Waals surface area contributed by atoms with Crippen LogP contribution < -0.4 is 19.5 Å². The van der Waals surface area contributed by atoms with E-state index in [1.165, 1.54) is 5.56 Å². The Hall–Kier alpha value is -4.58. The van der Waals surface area contributed by atoms with Crippen molar-refractivity contribution in [2.24, 2.45) is 0 Å². The van der Waals surface area contributed by atoms with E-state index in [1.807, 2.05) is 66.7 Å². The Morgan fingerprint density at radius 1 is 0.763 bits per heavy atom. The third-order valence-electron chi connectivity index (χ3n) is 6.55. The molecule has 1 aromatic heterocycles. The fourth-order valence-electron chi connectivity index (χ4n) is 4.47. The zero-order chi connectivity index (χ0) is 26.9. The second-order valence-corrected chi connectivity index (χ2v) is 10.1. The molecule has 6 nitrogen and oxygen atoms in total. The lowest BCUT2D eigenvalue weighted by Crippen LogP contribution is -2.15. The van der Waals surface area contributed by atoms with Crippen LogP contribution in [0.4, 0.5) is 5.69 Å². The number of nitrogens with zero attached hydrogens (tertiary/aromatic N) is 1. The Bertz CT molecular complexity index is 1640. The van der Waals surface area contributed by atoms with Gasteiger partial charge in [0.1, 0.15) is 11.5 Å². The Kier molecular flexibility index (Phi) is 6.64. The molecule has 0 fully saturated rings. The Labute approximate surface area is 222 Å². The molecule has 4 aromatic carbocycles. The van der Waals surface area contributed by atoms with Crippen molar-refractivity contribution in [1.29, 1.82) is 0 Å². The monoisotopic (exact) mass is 506 g/mol. The number of fused-ring (bicyclic) bond motifs is 2. The quantitative estimate of drug-likeness (QED) is 0.255. The number of hydrogen-bond acceptors (Lipinski definition) is 5. The number of methoxy groups -OCH3 is 2. The average Bonchev–Trinajstić information content (AvgIpc) is 2.92. The zero-order valence-electron chi connectivity index (χ0n) is 22.2. The molecule has 0 unspecified atom stereocenters. The lowest BCUT2D eigenvalue weighted by atomic mass is 9.87. The van der Waals surface area contributed by atoms with Gasteiger partial charge in [0.25, 0.3) is 5.91 Å². The molecule has 0 aliphatic carbocycles. The normalized spacial score (nSPS) is 11.4. The predicted octanol–water partition coefficient (Wildman–Crippen LogP) is 7.75. The summed E-state index contributed by atoms with van der Waals surface area (Å²) in [6, 6.07) is 24.9. The van der Waals surface area contributed by atoms with Crippen LogP contribution in [-0.2, 0) is 5.41 Å². The minimum absolute atomic E-state index is 0.0270. The summed E-state index contributed by atoms with van der Waals surface area (Å²) in [4.78, 5) is 18.2. The summed E-state index contributed by atoms with van der Waals surface area (Å²) >= 11 is 0. The molecular formula is C32H30N2O4. The fourth-order valence-corrected chi connectivity index (χ4v) is 4.47. The first-order valence-electron chi connectivity index (χ1n) is 12.4.